The van der Waals surface area contributed by atoms with Gasteiger partial charge in [0.2, 0.25) is 5.91 Å². The van der Waals surface area contributed by atoms with Gasteiger partial charge in [-0.2, -0.15) is 0 Å². The van der Waals surface area contributed by atoms with Crippen molar-refractivity contribution in [2.45, 2.75) is 44.6 Å². The third-order valence-electron chi connectivity index (χ3n) is 4.63. The van der Waals surface area contributed by atoms with Crippen LogP contribution in [0, 0.1) is 0 Å². The molecule has 0 radical (unpaired) electrons. The van der Waals surface area contributed by atoms with Gasteiger partial charge in [0, 0.05) is 24.4 Å². The number of nitrogens with two attached hydrogens (primary N) is 1. The van der Waals surface area contributed by atoms with E-state index in [4.69, 9.17) is 10.7 Å². The number of benzene rings is 1. The quantitative estimate of drug-likeness (QED) is 0.806. The van der Waals surface area contributed by atoms with Gasteiger partial charge in [-0.3, -0.25) is 4.79 Å². The van der Waals surface area contributed by atoms with E-state index in [2.05, 4.69) is 12.3 Å². The number of likely N-dealkylation sites (tertiary alicyclic amines) is 1. The lowest BCUT2D eigenvalue weighted by atomic mass is 9.97. The van der Waals surface area contributed by atoms with Gasteiger partial charge < -0.3 is 10.6 Å². The van der Waals surface area contributed by atoms with E-state index in [1.165, 1.54) is 5.01 Å². The highest BCUT2D eigenvalue weighted by Crippen LogP contribution is 2.29. The molecule has 1 fully saturated rings. The molecule has 7 heteroatoms. The lowest BCUT2D eigenvalue weighted by Gasteiger charge is -2.33. The van der Waals surface area contributed by atoms with Crippen LogP contribution in [-0.2, 0) is 17.6 Å². The van der Waals surface area contributed by atoms with Crippen LogP contribution in [0.15, 0.2) is 35.7 Å². The first-order valence-corrected chi connectivity index (χ1v) is 9.58. The van der Waals surface area contributed by atoms with Crippen LogP contribution in [0.2, 0.25) is 0 Å². The third kappa shape index (κ3) is 5.68. The number of rotatable bonds is 5. The smallest absolute Gasteiger partial charge is 0.239 e. The van der Waals surface area contributed by atoms with Crippen LogP contribution < -0.4 is 5.73 Å². The first kappa shape index (κ1) is 22.9. The molecule has 2 atom stereocenters. The van der Waals surface area contributed by atoms with Crippen molar-refractivity contribution in [3.8, 4) is 0 Å². The van der Waals surface area contributed by atoms with Crippen molar-refractivity contribution in [2.24, 2.45) is 5.73 Å². The highest BCUT2D eigenvalue weighted by molar-refractivity contribution is 7.09. The number of piperidine rings is 1. The number of amides is 1. The van der Waals surface area contributed by atoms with Gasteiger partial charge in [0.25, 0.3) is 0 Å². The Morgan fingerprint density at radius 1 is 1.35 bits per heavy atom. The molecule has 1 aromatic heterocycles. The molecule has 1 aliphatic heterocycles. The second-order valence-corrected chi connectivity index (χ2v) is 7.34. The Labute approximate surface area is 172 Å². The summed E-state index contributed by atoms with van der Waals surface area (Å²) in [5.74, 6) is 0.424. The molecule has 26 heavy (non-hydrogen) atoms. The van der Waals surface area contributed by atoms with Crippen LogP contribution in [-0.4, -0.2) is 34.9 Å². The van der Waals surface area contributed by atoms with Crippen LogP contribution in [0.1, 0.15) is 41.9 Å². The zero-order valence-electron chi connectivity index (χ0n) is 15.0. The summed E-state index contributed by atoms with van der Waals surface area (Å²) in [6.45, 7) is 3.68. The first-order valence-electron chi connectivity index (χ1n) is 8.70. The molecule has 0 aliphatic carbocycles. The van der Waals surface area contributed by atoms with Crippen LogP contribution in [0.25, 0.3) is 0 Å². The molecule has 2 heterocycles. The molecule has 0 bridgehead atoms. The molecule has 1 amide bonds. The van der Waals surface area contributed by atoms with Gasteiger partial charge in [-0.15, -0.1) is 36.2 Å². The Bertz CT molecular complexity index is 680. The normalized spacial score (nSPS) is 17.8. The summed E-state index contributed by atoms with van der Waals surface area (Å²) < 4.78 is 0. The number of aromatic nitrogens is 1. The van der Waals surface area contributed by atoms with Crippen molar-refractivity contribution in [3.63, 3.8) is 0 Å². The predicted octanol–water partition coefficient (Wildman–Crippen LogP) is 3.83. The molecule has 0 spiro atoms. The van der Waals surface area contributed by atoms with E-state index in [0.717, 1.165) is 43.6 Å². The first-order chi connectivity index (χ1) is 11.7. The Morgan fingerprint density at radius 3 is 2.73 bits per heavy atom. The van der Waals surface area contributed by atoms with Gasteiger partial charge in [-0.25, -0.2) is 4.98 Å². The largest absolute Gasteiger partial charge is 0.341 e. The Kier molecular flexibility index (Phi) is 9.58. The number of aryl methyl sites for hydroxylation is 1. The minimum absolute atomic E-state index is 0. The molecule has 1 aromatic carbocycles. The third-order valence-corrected chi connectivity index (χ3v) is 5.69. The number of carbonyl (C=O) groups is 1. The number of thiazole rings is 1. The molecule has 4 nitrogen and oxygen atoms in total. The maximum Gasteiger partial charge on any atom is 0.239 e. The van der Waals surface area contributed by atoms with Gasteiger partial charge >= 0.3 is 0 Å². The maximum absolute atomic E-state index is 12.7. The van der Waals surface area contributed by atoms with Crippen molar-refractivity contribution in [1.29, 1.82) is 0 Å². The van der Waals surface area contributed by atoms with Crippen molar-refractivity contribution >= 4 is 42.1 Å². The Hall–Kier alpha value is -1.14. The van der Waals surface area contributed by atoms with Crippen molar-refractivity contribution in [2.75, 3.05) is 13.1 Å². The van der Waals surface area contributed by atoms with Crippen molar-refractivity contribution < 1.29 is 4.79 Å². The lowest BCUT2D eigenvalue weighted by Crippen LogP contribution is -2.48. The van der Waals surface area contributed by atoms with Crippen LogP contribution in [0.4, 0.5) is 0 Å². The molecular weight excluding hydrogens is 389 g/mol. The van der Waals surface area contributed by atoms with Gasteiger partial charge in [0.1, 0.15) is 0 Å². The molecule has 144 valence electrons. The average molecular weight is 416 g/mol. The van der Waals surface area contributed by atoms with E-state index in [-0.39, 0.29) is 30.7 Å². The van der Waals surface area contributed by atoms with Gasteiger partial charge in [0.05, 0.1) is 16.7 Å². The summed E-state index contributed by atoms with van der Waals surface area (Å²) >= 11 is 1.73. The van der Waals surface area contributed by atoms with Crippen LogP contribution >= 0.6 is 36.2 Å². The molecule has 3 rings (SSSR count). The Balaban J connectivity index is 0.00000169. The molecular formula is C19H27Cl2N3OS. The number of nitrogens with zero attached hydrogens (tertiary/aromatic N) is 2. The highest BCUT2D eigenvalue weighted by atomic mass is 35.5. The van der Waals surface area contributed by atoms with E-state index in [1.54, 1.807) is 11.3 Å². The monoisotopic (exact) mass is 415 g/mol. The molecule has 1 saturated heterocycles. The number of halogens is 2. The summed E-state index contributed by atoms with van der Waals surface area (Å²) in [6, 6.07) is 9.52. The van der Waals surface area contributed by atoms with Crippen LogP contribution in [0.3, 0.4) is 0 Å². The van der Waals surface area contributed by atoms with E-state index >= 15 is 0 Å². The molecule has 1 aliphatic rings. The second-order valence-electron chi connectivity index (χ2n) is 6.45. The predicted molar refractivity (Wildman–Crippen MR) is 113 cm³/mol. The number of hydrogen-bond donors (Lipinski definition) is 1. The van der Waals surface area contributed by atoms with Crippen molar-refractivity contribution in [3.05, 3.63) is 52.0 Å². The number of carbonyl (C=O) groups excluding carboxylic acids is 1. The van der Waals surface area contributed by atoms with E-state index in [0.29, 0.717) is 12.3 Å². The Morgan fingerprint density at radius 2 is 2.08 bits per heavy atom. The standard InChI is InChI=1S/C19H25N3OS.2ClH/c1-2-16-13-24-18(21-16)15-9-6-10-22(12-15)19(23)17(20)11-14-7-4-3-5-8-14;;/h3-5,7-8,13,15,17H,2,6,9-12,20H2,1H3;2*1H. The minimum Gasteiger partial charge on any atom is -0.341 e. The average Bonchev–Trinajstić information content (AvgIpc) is 3.11. The molecule has 0 saturated carbocycles. The summed E-state index contributed by atoms with van der Waals surface area (Å²) in [5.41, 5.74) is 8.45. The van der Waals surface area contributed by atoms with Crippen LogP contribution in [0.5, 0.6) is 0 Å². The maximum atomic E-state index is 12.7. The fraction of sp³-hybridized carbons (Fsp3) is 0.474. The zero-order chi connectivity index (χ0) is 16.9. The fourth-order valence-electron chi connectivity index (χ4n) is 3.24. The van der Waals surface area contributed by atoms with E-state index < -0.39 is 6.04 Å². The SMILES string of the molecule is CCc1csc(C2CCCN(C(=O)C(N)Cc3ccccc3)C2)n1.Cl.Cl. The fourth-order valence-corrected chi connectivity index (χ4v) is 4.27. The number of hydrogen-bond acceptors (Lipinski definition) is 4. The summed E-state index contributed by atoms with van der Waals surface area (Å²) in [5, 5.41) is 3.30. The van der Waals surface area contributed by atoms with E-state index in [1.807, 2.05) is 35.2 Å². The van der Waals surface area contributed by atoms with Gasteiger partial charge in [-0.05, 0) is 31.2 Å². The topological polar surface area (TPSA) is 59.2 Å². The van der Waals surface area contributed by atoms with Gasteiger partial charge in [0.15, 0.2) is 0 Å². The minimum atomic E-state index is -0.464. The lowest BCUT2D eigenvalue weighted by molar-refractivity contribution is -0.133. The summed E-state index contributed by atoms with van der Waals surface area (Å²) in [4.78, 5) is 19.4. The highest BCUT2D eigenvalue weighted by Gasteiger charge is 2.29. The summed E-state index contributed by atoms with van der Waals surface area (Å²) in [7, 11) is 0. The van der Waals surface area contributed by atoms with Gasteiger partial charge in [-0.1, -0.05) is 37.3 Å². The summed E-state index contributed by atoms with van der Waals surface area (Å²) in [6.07, 6.45) is 3.69. The second kappa shape index (κ2) is 10.9. The zero-order valence-corrected chi connectivity index (χ0v) is 17.4. The van der Waals surface area contributed by atoms with Crippen molar-refractivity contribution in [1.82, 2.24) is 9.88 Å². The molecule has 2 unspecified atom stereocenters. The molecule has 2 aromatic rings. The molecule has 2 N–H and O–H groups in total. The van der Waals surface area contributed by atoms with E-state index in [9.17, 15) is 4.79 Å².